The number of hydrogen-bond acceptors (Lipinski definition) is 5. The van der Waals surface area contributed by atoms with Crippen molar-refractivity contribution in [1.29, 1.82) is 0 Å². The number of anilines is 1. The number of ether oxygens (including phenoxy) is 1. The van der Waals surface area contributed by atoms with Crippen LogP contribution in [0.2, 0.25) is 0 Å². The number of hydrogen-bond donors (Lipinski definition) is 1. The molecule has 0 fully saturated rings. The Balaban J connectivity index is 1.82. The molecule has 4 rings (SSSR count). The van der Waals surface area contributed by atoms with Gasteiger partial charge < -0.3 is 10.1 Å². The molecule has 6 heteroatoms. The molecule has 1 aliphatic rings. The number of nitrogens with zero attached hydrogens (tertiary/aromatic N) is 2. The average Bonchev–Trinajstić information content (AvgIpc) is 3.01. The molecule has 1 N–H and O–H groups in total. The summed E-state index contributed by atoms with van der Waals surface area (Å²) in [7, 11) is 1.55. The number of carbonyl (C=O) groups is 2. The molecular formula is C25H23N3O3. The number of amides is 2. The normalized spacial score (nSPS) is 13.7. The van der Waals surface area contributed by atoms with Crippen molar-refractivity contribution in [3.63, 3.8) is 0 Å². The molecule has 0 saturated carbocycles. The van der Waals surface area contributed by atoms with Crippen molar-refractivity contribution in [2.24, 2.45) is 0 Å². The lowest BCUT2D eigenvalue weighted by atomic mass is 10.0. The van der Waals surface area contributed by atoms with Crippen molar-refractivity contribution in [2.45, 2.75) is 20.4 Å². The minimum Gasteiger partial charge on any atom is -0.496 e. The number of imide groups is 1. The lowest BCUT2D eigenvalue weighted by Crippen LogP contribution is -2.32. The third kappa shape index (κ3) is 3.80. The SMILES string of the molecule is COc1ccccc1C1=C(Nc2cccc(C)c2C)C(=O)N(Cc2ccncc2)C1=O. The largest absolute Gasteiger partial charge is 0.496 e. The molecule has 2 aromatic carbocycles. The maximum absolute atomic E-state index is 13.5. The van der Waals surface area contributed by atoms with E-state index in [-0.39, 0.29) is 24.1 Å². The molecule has 6 nitrogen and oxygen atoms in total. The van der Waals surface area contributed by atoms with Crippen LogP contribution in [0, 0.1) is 13.8 Å². The molecule has 0 atom stereocenters. The summed E-state index contributed by atoms with van der Waals surface area (Å²) in [5.41, 5.74) is 4.85. The molecule has 3 aromatic rings. The Morgan fingerprint density at radius 1 is 0.935 bits per heavy atom. The number of carbonyl (C=O) groups excluding carboxylic acids is 2. The number of para-hydroxylation sites is 1. The summed E-state index contributed by atoms with van der Waals surface area (Å²) in [4.78, 5) is 32.2. The Morgan fingerprint density at radius 3 is 2.42 bits per heavy atom. The Morgan fingerprint density at radius 2 is 1.68 bits per heavy atom. The van der Waals surface area contributed by atoms with E-state index in [0.717, 1.165) is 22.4 Å². The maximum Gasteiger partial charge on any atom is 0.278 e. The number of aromatic nitrogens is 1. The highest BCUT2D eigenvalue weighted by Gasteiger charge is 2.40. The summed E-state index contributed by atoms with van der Waals surface area (Å²) < 4.78 is 5.48. The van der Waals surface area contributed by atoms with Crippen LogP contribution in [0.4, 0.5) is 5.69 Å². The van der Waals surface area contributed by atoms with Gasteiger partial charge in [-0.15, -0.1) is 0 Å². The molecule has 0 aliphatic carbocycles. The monoisotopic (exact) mass is 413 g/mol. The van der Waals surface area contributed by atoms with Crippen LogP contribution in [0.3, 0.4) is 0 Å². The van der Waals surface area contributed by atoms with Gasteiger partial charge in [0.15, 0.2) is 0 Å². The molecule has 1 aliphatic heterocycles. The van der Waals surface area contributed by atoms with Crippen molar-refractivity contribution in [3.8, 4) is 5.75 Å². The fourth-order valence-electron chi connectivity index (χ4n) is 3.63. The van der Waals surface area contributed by atoms with Gasteiger partial charge in [0.25, 0.3) is 11.8 Å². The Labute approximate surface area is 181 Å². The van der Waals surface area contributed by atoms with Gasteiger partial charge in [-0.3, -0.25) is 19.5 Å². The van der Waals surface area contributed by atoms with Crippen LogP contribution in [0.5, 0.6) is 5.75 Å². The molecule has 31 heavy (non-hydrogen) atoms. The summed E-state index contributed by atoms with van der Waals surface area (Å²) in [5.74, 6) is -0.201. The second-order valence-corrected chi connectivity index (χ2v) is 7.37. The third-order valence-electron chi connectivity index (χ3n) is 5.50. The first-order valence-corrected chi connectivity index (χ1v) is 9.97. The highest BCUT2D eigenvalue weighted by atomic mass is 16.5. The standard InChI is InChI=1S/C25H23N3O3/c1-16-7-6-9-20(17(16)2)27-23-22(19-8-4-5-10-21(19)31-3)24(29)28(25(23)30)15-18-11-13-26-14-12-18/h4-14,27H,15H2,1-3H3. The lowest BCUT2D eigenvalue weighted by molar-refractivity contribution is -0.137. The molecule has 156 valence electrons. The van der Waals surface area contributed by atoms with E-state index in [1.54, 1.807) is 43.8 Å². The number of benzene rings is 2. The number of rotatable bonds is 6. The van der Waals surface area contributed by atoms with Gasteiger partial charge >= 0.3 is 0 Å². The van der Waals surface area contributed by atoms with E-state index in [1.807, 2.05) is 44.2 Å². The molecule has 1 aromatic heterocycles. The van der Waals surface area contributed by atoms with Gasteiger partial charge in [-0.05, 0) is 54.8 Å². The van der Waals surface area contributed by atoms with Crippen LogP contribution in [-0.2, 0) is 16.1 Å². The van der Waals surface area contributed by atoms with Crippen molar-refractivity contribution in [3.05, 3.63) is 94.9 Å². The van der Waals surface area contributed by atoms with E-state index in [0.29, 0.717) is 16.9 Å². The minimum atomic E-state index is -0.372. The first kappa shape index (κ1) is 20.3. The smallest absolute Gasteiger partial charge is 0.278 e. The van der Waals surface area contributed by atoms with Gasteiger partial charge in [-0.25, -0.2) is 0 Å². The van der Waals surface area contributed by atoms with Crippen LogP contribution < -0.4 is 10.1 Å². The fraction of sp³-hybridized carbons (Fsp3) is 0.160. The third-order valence-corrected chi connectivity index (χ3v) is 5.50. The van der Waals surface area contributed by atoms with Gasteiger partial charge in [-0.2, -0.15) is 0 Å². The van der Waals surface area contributed by atoms with E-state index in [9.17, 15) is 9.59 Å². The number of aryl methyl sites for hydroxylation is 1. The summed E-state index contributed by atoms with van der Waals surface area (Å²) >= 11 is 0. The minimum absolute atomic E-state index is 0.164. The number of methoxy groups -OCH3 is 1. The number of pyridine rings is 1. The molecule has 2 heterocycles. The van der Waals surface area contributed by atoms with E-state index >= 15 is 0 Å². The van der Waals surface area contributed by atoms with Gasteiger partial charge in [-0.1, -0.05) is 30.3 Å². The quantitative estimate of drug-likeness (QED) is 0.616. The summed E-state index contributed by atoms with van der Waals surface area (Å²) in [6.07, 6.45) is 3.29. The zero-order valence-electron chi connectivity index (χ0n) is 17.7. The van der Waals surface area contributed by atoms with Gasteiger partial charge in [0.1, 0.15) is 11.4 Å². The molecule has 0 unspecified atom stereocenters. The first-order valence-electron chi connectivity index (χ1n) is 9.97. The molecule has 0 radical (unpaired) electrons. The predicted molar refractivity (Wildman–Crippen MR) is 119 cm³/mol. The molecule has 0 saturated heterocycles. The Hall–Kier alpha value is -3.93. The second-order valence-electron chi connectivity index (χ2n) is 7.37. The molecule has 2 amide bonds. The van der Waals surface area contributed by atoms with E-state index in [2.05, 4.69) is 10.3 Å². The Bertz CT molecular complexity index is 1190. The highest BCUT2D eigenvalue weighted by molar-refractivity contribution is 6.37. The molecule has 0 spiro atoms. The lowest BCUT2D eigenvalue weighted by Gasteiger charge is -2.16. The predicted octanol–water partition coefficient (Wildman–Crippen LogP) is 4.10. The zero-order chi connectivity index (χ0) is 22.0. The van der Waals surface area contributed by atoms with E-state index in [4.69, 9.17) is 4.74 Å². The second kappa shape index (κ2) is 8.44. The first-order chi connectivity index (χ1) is 15.0. The van der Waals surface area contributed by atoms with Crippen LogP contribution in [0.25, 0.3) is 5.57 Å². The van der Waals surface area contributed by atoms with Crippen LogP contribution in [0.15, 0.2) is 72.7 Å². The summed E-state index contributed by atoms with van der Waals surface area (Å²) in [5, 5.41) is 3.25. The van der Waals surface area contributed by atoms with E-state index < -0.39 is 0 Å². The van der Waals surface area contributed by atoms with Gasteiger partial charge in [0.05, 0.1) is 19.2 Å². The van der Waals surface area contributed by atoms with Crippen LogP contribution >= 0.6 is 0 Å². The fourth-order valence-corrected chi connectivity index (χ4v) is 3.63. The topological polar surface area (TPSA) is 71.5 Å². The summed E-state index contributed by atoms with van der Waals surface area (Å²) in [6.45, 7) is 4.15. The van der Waals surface area contributed by atoms with Crippen molar-refractivity contribution < 1.29 is 14.3 Å². The van der Waals surface area contributed by atoms with E-state index in [1.165, 1.54) is 4.90 Å². The summed E-state index contributed by atoms with van der Waals surface area (Å²) in [6, 6.07) is 16.6. The van der Waals surface area contributed by atoms with Gasteiger partial charge in [0.2, 0.25) is 0 Å². The van der Waals surface area contributed by atoms with Crippen LogP contribution in [-0.4, -0.2) is 28.8 Å². The average molecular weight is 413 g/mol. The van der Waals surface area contributed by atoms with Crippen molar-refractivity contribution >= 4 is 23.1 Å². The van der Waals surface area contributed by atoms with Crippen molar-refractivity contribution in [1.82, 2.24) is 9.88 Å². The van der Waals surface area contributed by atoms with Crippen molar-refractivity contribution in [2.75, 3.05) is 12.4 Å². The molecule has 0 bridgehead atoms. The Kier molecular flexibility index (Phi) is 5.54. The number of nitrogens with one attached hydrogen (secondary N) is 1. The van der Waals surface area contributed by atoms with Crippen LogP contribution in [0.1, 0.15) is 22.3 Å². The maximum atomic E-state index is 13.5. The van der Waals surface area contributed by atoms with Gasteiger partial charge in [0, 0.05) is 23.6 Å². The highest BCUT2D eigenvalue weighted by Crippen LogP contribution is 2.36. The zero-order valence-corrected chi connectivity index (χ0v) is 17.7. The molecular weight excluding hydrogens is 390 g/mol.